The Morgan fingerprint density at radius 2 is 2.06 bits per heavy atom. The summed E-state index contributed by atoms with van der Waals surface area (Å²) in [4.78, 5) is 12.6. The number of rotatable bonds is 3. The van der Waals surface area contributed by atoms with Crippen molar-refractivity contribution in [1.29, 1.82) is 5.26 Å². The second-order valence-corrected chi connectivity index (χ2v) is 3.07. The van der Waals surface area contributed by atoms with Crippen LogP contribution in [0.2, 0.25) is 0 Å². The summed E-state index contributed by atoms with van der Waals surface area (Å²) >= 11 is 0. The van der Waals surface area contributed by atoms with Gasteiger partial charge in [0.25, 0.3) is 12.0 Å². The highest BCUT2D eigenvalue weighted by molar-refractivity contribution is 5.38. The van der Waals surface area contributed by atoms with Crippen LogP contribution in [0.3, 0.4) is 0 Å². The van der Waals surface area contributed by atoms with E-state index in [-0.39, 0.29) is 0 Å². The molecule has 4 nitrogen and oxygen atoms in total. The molecule has 0 atom stereocenters. The number of nitrogens with zero attached hydrogens (tertiary/aromatic N) is 1. The Labute approximate surface area is 96.6 Å². The highest BCUT2D eigenvalue weighted by Crippen LogP contribution is 2.30. The third-order valence-electron chi connectivity index (χ3n) is 1.84. The van der Waals surface area contributed by atoms with Gasteiger partial charge in [0.1, 0.15) is 5.75 Å². The molecule has 0 aromatic carbocycles. The van der Waals surface area contributed by atoms with Crippen LogP contribution < -0.4 is 10.3 Å². The van der Waals surface area contributed by atoms with Crippen LogP contribution in [0.1, 0.15) is 17.7 Å². The first-order valence-corrected chi connectivity index (χ1v) is 4.41. The number of pyridine rings is 1. The summed E-state index contributed by atoms with van der Waals surface area (Å²) in [5.41, 5.74) is -2.92. The van der Waals surface area contributed by atoms with Crippen molar-refractivity contribution < 1.29 is 26.7 Å². The number of aromatic amines is 1. The van der Waals surface area contributed by atoms with Gasteiger partial charge in [0.05, 0.1) is 18.2 Å². The molecule has 18 heavy (non-hydrogen) atoms. The predicted molar refractivity (Wildman–Crippen MR) is 48.0 cm³/mol. The van der Waals surface area contributed by atoms with Gasteiger partial charge in [-0.25, -0.2) is 8.78 Å². The lowest BCUT2D eigenvalue weighted by atomic mass is 10.1. The molecular formula is C9H5F5N2O2. The topological polar surface area (TPSA) is 65.9 Å². The first-order chi connectivity index (χ1) is 8.24. The fourth-order valence-corrected chi connectivity index (χ4v) is 1.25. The maximum absolute atomic E-state index is 12.5. The lowest BCUT2D eigenvalue weighted by Crippen LogP contribution is -2.21. The number of alkyl halides is 5. The van der Waals surface area contributed by atoms with E-state index in [0.29, 0.717) is 6.07 Å². The molecule has 0 saturated carbocycles. The van der Waals surface area contributed by atoms with Gasteiger partial charge in [-0.2, -0.15) is 5.26 Å². The summed E-state index contributed by atoms with van der Waals surface area (Å²) in [6.45, 7) is 0. The van der Waals surface area contributed by atoms with Crippen molar-refractivity contribution in [3.63, 3.8) is 0 Å². The molecular weight excluding hydrogens is 263 g/mol. The Hall–Kier alpha value is -2.11. The molecule has 0 bridgehead atoms. The monoisotopic (exact) mass is 268 g/mol. The summed E-state index contributed by atoms with van der Waals surface area (Å²) in [5.74, 6) is -1.09. The molecule has 0 radical (unpaired) electrons. The predicted octanol–water partition coefficient (Wildman–Crippen LogP) is 2.28. The summed E-state index contributed by atoms with van der Waals surface area (Å²) in [7, 11) is 0. The van der Waals surface area contributed by atoms with Gasteiger partial charge < -0.3 is 9.72 Å². The number of H-pyrrole nitrogens is 1. The van der Waals surface area contributed by atoms with Gasteiger partial charge in [-0.3, -0.25) is 4.79 Å². The third-order valence-corrected chi connectivity index (χ3v) is 1.84. The summed E-state index contributed by atoms with van der Waals surface area (Å²) < 4.78 is 64.6. The number of nitrogens with one attached hydrogen (secondary N) is 1. The van der Waals surface area contributed by atoms with Crippen molar-refractivity contribution in [3.8, 4) is 11.8 Å². The molecule has 0 saturated heterocycles. The average molecular weight is 268 g/mol. The maximum atomic E-state index is 12.5. The zero-order chi connectivity index (χ0) is 13.9. The van der Waals surface area contributed by atoms with E-state index in [2.05, 4.69) is 4.74 Å². The van der Waals surface area contributed by atoms with Gasteiger partial charge in [0.2, 0.25) is 0 Å². The highest BCUT2D eigenvalue weighted by atomic mass is 19.4. The summed E-state index contributed by atoms with van der Waals surface area (Å²) in [6, 6.07) is 1.79. The van der Waals surface area contributed by atoms with E-state index in [1.165, 1.54) is 6.07 Å². The SMILES string of the molecule is N#CCc1c(OC(F)(F)F)cc(=O)[nH]c1C(F)F. The summed E-state index contributed by atoms with van der Waals surface area (Å²) in [6.07, 6.45) is -9.11. The molecule has 1 aromatic heterocycles. The Morgan fingerprint density at radius 1 is 1.44 bits per heavy atom. The van der Waals surface area contributed by atoms with Crippen molar-refractivity contribution in [2.75, 3.05) is 0 Å². The number of hydrogen-bond acceptors (Lipinski definition) is 3. The molecule has 0 unspecified atom stereocenters. The minimum absolute atomic E-state index is 0.367. The van der Waals surface area contributed by atoms with Crippen molar-refractivity contribution >= 4 is 0 Å². The van der Waals surface area contributed by atoms with Crippen LogP contribution in [0.15, 0.2) is 10.9 Å². The van der Waals surface area contributed by atoms with E-state index in [0.717, 1.165) is 0 Å². The Morgan fingerprint density at radius 3 is 2.50 bits per heavy atom. The molecule has 0 spiro atoms. The van der Waals surface area contributed by atoms with Crippen LogP contribution in [-0.4, -0.2) is 11.3 Å². The lowest BCUT2D eigenvalue weighted by Gasteiger charge is -2.14. The van der Waals surface area contributed by atoms with Crippen LogP contribution in [0.5, 0.6) is 5.75 Å². The third kappa shape index (κ3) is 3.44. The summed E-state index contributed by atoms with van der Waals surface area (Å²) in [5, 5.41) is 8.39. The van der Waals surface area contributed by atoms with Gasteiger partial charge in [0, 0.05) is 11.6 Å². The standard InChI is InChI=1S/C9H5F5N2O2/c10-8(11)7-4(1-2-15)5(3-6(17)16-7)18-9(12,13)14/h3,8H,1H2,(H,16,17). The lowest BCUT2D eigenvalue weighted by molar-refractivity contribution is -0.275. The molecule has 0 aliphatic carbocycles. The van der Waals surface area contributed by atoms with Crippen LogP contribution in [-0.2, 0) is 6.42 Å². The average Bonchev–Trinajstić information content (AvgIpc) is 2.19. The number of ether oxygens (including phenoxy) is 1. The smallest absolute Gasteiger partial charge is 0.405 e. The largest absolute Gasteiger partial charge is 0.573 e. The Bertz CT molecular complexity index is 529. The van der Waals surface area contributed by atoms with Gasteiger partial charge in [0.15, 0.2) is 0 Å². The highest BCUT2D eigenvalue weighted by Gasteiger charge is 2.33. The molecule has 0 aliphatic rings. The second kappa shape index (κ2) is 5.03. The van der Waals surface area contributed by atoms with Gasteiger partial charge in [-0.1, -0.05) is 0 Å². The van der Waals surface area contributed by atoms with E-state index < -0.39 is 41.8 Å². The zero-order valence-corrected chi connectivity index (χ0v) is 8.52. The van der Waals surface area contributed by atoms with Crippen LogP contribution in [0.25, 0.3) is 0 Å². The van der Waals surface area contributed by atoms with Gasteiger partial charge in [-0.15, -0.1) is 13.2 Å². The van der Waals surface area contributed by atoms with E-state index >= 15 is 0 Å². The van der Waals surface area contributed by atoms with Crippen LogP contribution in [0, 0.1) is 11.3 Å². The number of aromatic nitrogens is 1. The fraction of sp³-hybridized carbons (Fsp3) is 0.333. The molecule has 0 amide bonds. The van der Waals surface area contributed by atoms with Crippen molar-refractivity contribution in [2.45, 2.75) is 19.2 Å². The minimum atomic E-state index is -5.14. The van der Waals surface area contributed by atoms with Gasteiger partial charge >= 0.3 is 6.36 Å². The Balaban J connectivity index is 3.39. The van der Waals surface area contributed by atoms with E-state index in [9.17, 15) is 26.7 Å². The number of halogens is 5. The molecule has 0 fully saturated rings. The first kappa shape index (κ1) is 14.0. The van der Waals surface area contributed by atoms with Gasteiger partial charge in [-0.05, 0) is 0 Å². The van der Waals surface area contributed by atoms with E-state index in [1.807, 2.05) is 0 Å². The molecule has 1 aromatic rings. The second-order valence-electron chi connectivity index (χ2n) is 3.07. The van der Waals surface area contributed by atoms with Crippen LogP contribution >= 0.6 is 0 Å². The molecule has 98 valence electrons. The van der Waals surface area contributed by atoms with Crippen molar-refractivity contribution in [1.82, 2.24) is 4.98 Å². The zero-order valence-electron chi connectivity index (χ0n) is 8.52. The van der Waals surface area contributed by atoms with Crippen molar-refractivity contribution in [2.24, 2.45) is 0 Å². The minimum Gasteiger partial charge on any atom is -0.405 e. The van der Waals surface area contributed by atoms with E-state index in [1.54, 1.807) is 4.98 Å². The molecule has 1 rings (SSSR count). The molecule has 0 aliphatic heterocycles. The van der Waals surface area contributed by atoms with Crippen LogP contribution in [0.4, 0.5) is 22.0 Å². The maximum Gasteiger partial charge on any atom is 0.573 e. The van der Waals surface area contributed by atoms with Crippen molar-refractivity contribution in [3.05, 3.63) is 27.7 Å². The van der Waals surface area contributed by atoms with E-state index in [4.69, 9.17) is 5.26 Å². The Kier molecular flexibility index (Phi) is 3.90. The normalized spacial score (nSPS) is 11.4. The first-order valence-electron chi connectivity index (χ1n) is 4.41. The quantitative estimate of drug-likeness (QED) is 0.855. The fourth-order valence-electron chi connectivity index (χ4n) is 1.25. The number of hydrogen-bond donors (Lipinski definition) is 1. The molecule has 1 N–H and O–H groups in total. The molecule has 1 heterocycles. The number of nitriles is 1. The molecule has 9 heteroatoms.